The zero-order valence-electron chi connectivity index (χ0n) is 25.0. The Morgan fingerprint density at radius 3 is 1.29 bits per heavy atom. The van der Waals surface area contributed by atoms with Crippen molar-refractivity contribution >= 4 is 6.03 Å². The Labute approximate surface area is 251 Å². The van der Waals surface area contributed by atoms with Crippen LogP contribution in [0.2, 0.25) is 0 Å². The molecule has 2 saturated carbocycles. The predicted octanol–water partition coefficient (Wildman–Crippen LogP) is 5.51. The highest BCUT2D eigenvalue weighted by Crippen LogP contribution is 2.37. The van der Waals surface area contributed by atoms with E-state index in [4.69, 9.17) is 0 Å². The van der Waals surface area contributed by atoms with E-state index in [1.807, 2.05) is 48.5 Å². The predicted molar refractivity (Wildman–Crippen MR) is 163 cm³/mol. The van der Waals surface area contributed by atoms with Gasteiger partial charge in [-0.1, -0.05) is 113 Å². The Kier molecular flexibility index (Phi) is 10.9. The zero-order valence-corrected chi connectivity index (χ0v) is 25.0. The van der Waals surface area contributed by atoms with Gasteiger partial charge in [-0.3, -0.25) is 0 Å². The van der Waals surface area contributed by atoms with Gasteiger partial charge in [0, 0.05) is 13.1 Å². The molecule has 42 heavy (non-hydrogen) atoms. The number of aliphatic hydroxyl groups is 4. The van der Waals surface area contributed by atoms with Crippen molar-refractivity contribution in [3.63, 3.8) is 0 Å². The van der Waals surface area contributed by atoms with Crippen molar-refractivity contribution in [1.29, 1.82) is 0 Å². The standard InChI is InChI=1S/C35H50N2O5/c38-23-29-17-9-7-15-27(29)21-36-31(19-25-11-3-1-4-12-25)33(40)34(41)32(20-26-13-5-2-6-14-26)37(35(36)42)22-28-16-8-10-18-30(28)24-39/h7-10,15-18,25-26,31-34,38-41H,1-6,11-14,19-24H2. The van der Waals surface area contributed by atoms with Gasteiger partial charge in [0.15, 0.2) is 0 Å². The fourth-order valence-corrected chi connectivity index (χ4v) is 7.80. The Morgan fingerprint density at radius 2 is 0.929 bits per heavy atom. The van der Waals surface area contributed by atoms with Crippen LogP contribution in [0.1, 0.15) is 99.3 Å². The largest absolute Gasteiger partial charge is 0.392 e. The van der Waals surface area contributed by atoms with Crippen LogP contribution in [0.4, 0.5) is 4.79 Å². The molecule has 4 atom stereocenters. The first-order valence-electron chi connectivity index (χ1n) is 16.3. The molecule has 0 bridgehead atoms. The number of benzene rings is 2. The highest BCUT2D eigenvalue weighted by Gasteiger charge is 2.47. The van der Waals surface area contributed by atoms with Crippen LogP contribution in [0.25, 0.3) is 0 Å². The lowest BCUT2D eigenvalue weighted by molar-refractivity contribution is -0.0515. The van der Waals surface area contributed by atoms with Crippen LogP contribution in [0, 0.1) is 11.8 Å². The lowest BCUT2D eigenvalue weighted by Crippen LogP contribution is -2.50. The van der Waals surface area contributed by atoms with Crippen LogP contribution in [0.5, 0.6) is 0 Å². The van der Waals surface area contributed by atoms with E-state index in [2.05, 4.69) is 0 Å². The summed E-state index contributed by atoms with van der Waals surface area (Å²) in [6.45, 7) is 0.249. The van der Waals surface area contributed by atoms with E-state index < -0.39 is 24.3 Å². The second-order valence-electron chi connectivity index (χ2n) is 13.0. The van der Waals surface area contributed by atoms with Gasteiger partial charge in [0.05, 0.1) is 25.3 Å². The molecule has 3 aliphatic rings. The van der Waals surface area contributed by atoms with E-state index in [-0.39, 0.29) is 32.3 Å². The highest BCUT2D eigenvalue weighted by molar-refractivity contribution is 5.76. The maximum absolute atomic E-state index is 14.9. The molecule has 7 heteroatoms. The van der Waals surface area contributed by atoms with Crippen molar-refractivity contribution in [2.45, 2.75) is 128 Å². The van der Waals surface area contributed by atoms with Crippen molar-refractivity contribution < 1.29 is 25.2 Å². The molecule has 5 rings (SSSR count). The van der Waals surface area contributed by atoms with Crippen LogP contribution >= 0.6 is 0 Å². The monoisotopic (exact) mass is 578 g/mol. The molecule has 1 saturated heterocycles. The molecule has 0 spiro atoms. The zero-order chi connectivity index (χ0) is 29.5. The van der Waals surface area contributed by atoms with Crippen LogP contribution in [-0.4, -0.2) is 60.5 Å². The fraction of sp³-hybridized carbons (Fsp3) is 0.629. The molecule has 0 aromatic heterocycles. The van der Waals surface area contributed by atoms with Gasteiger partial charge in [-0.2, -0.15) is 0 Å². The van der Waals surface area contributed by atoms with Gasteiger partial charge in [0.2, 0.25) is 0 Å². The van der Waals surface area contributed by atoms with Crippen molar-refractivity contribution in [3.05, 3.63) is 70.8 Å². The van der Waals surface area contributed by atoms with Crippen LogP contribution in [0.3, 0.4) is 0 Å². The number of amides is 2. The average Bonchev–Trinajstić information content (AvgIpc) is 3.09. The highest BCUT2D eigenvalue weighted by atomic mass is 16.3. The van der Waals surface area contributed by atoms with Gasteiger partial charge in [0.1, 0.15) is 12.2 Å². The molecule has 2 aromatic carbocycles. The summed E-state index contributed by atoms with van der Waals surface area (Å²) >= 11 is 0. The third-order valence-electron chi connectivity index (χ3n) is 10.3. The summed E-state index contributed by atoms with van der Waals surface area (Å²) in [7, 11) is 0. The second kappa shape index (κ2) is 14.8. The number of nitrogens with zero attached hydrogens (tertiary/aromatic N) is 2. The number of rotatable bonds is 10. The van der Waals surface area contributed by atoms with Crippen molar-refractivity contribution in [2.24, 2.45) is 11.8 Å². The lowest BCUT2D eigenvalue weighted by Gasteiger charge is -2.38. The molecule has 3 fully saturated rings. The Morgan fingerprint density at radius 1 is 0.571 bits per heavy atom. The summed E-state index contributed by atoms with van der Waals surface area (Å²) in [5.41, 5.74) is 3.23. The minimum Gasteiger partial charge on any atom is -0.392 e. The summed E-state index contributed by atoms with van der Waals surface area (Å²) in [4.78, 5) is 18.4. The number of carbonyl (C=O) groups is 1. The van der Waals surface area contributed by atoms with Gasteiger partial charge in [-0.05, 0) is 46.9 Å². The summed E-state index contributed by atoms with van der Waals surface area (Å²) in [5.74, 6) is 0.792. The van der Waals surface area contributed by atoms with Gasteiger partial charge < -0.3 is 30.2 Å². The molecular weight excluding hydrogens is 528 g/mol. The first-order chi connectivity index (χ1) is 20.5. The van der Waals surface area contributed by atoms with Crippen molar-refractivity contribution in [2.75, 3.05) is 0 Å². The van der Waals surface area contributed by atoms with E-state index in [0.717, 1.165) is 73.6 Å². The second-order valence-corrected chi connectivity index (χ2v) is 13.0. The molecule has 2 amide bonds. The Bertz CT molecular complexity index is 1060. The van der Waals surface area contributed by atoms with E-state index >= 15 is 0 Å². The lowest BCUT2D eigenvalue weighted by atomic mass is 9.80. The molecular formula is C35H50N2O5. The summed E-state index contributed by atoms with van der Waals surface area (Å²) in [5, 5.41) is 44.1. The molecule has 4 unspecified atom stereocenters. The molecule has 2 aliphatic carbocycles. The van der Waals surface area contributed by atoms with E-state index in [9.17, 15) is 25.2 Å². The SMILES string of the molecule is O=C1N(Cc2ccccc2CO)C(CC2CCCCC2)C(O)C(O)C(CC2CCCCC2)N1Cc1ccccc1CO. The normalized spacial score (nSPS) is 26.4. The molecule has 1 heterocycles. The molecule has 4 N–H and O–H groups in total. The maximum atomic E-state index is 14.9. The summed E-state index contributed by atoms with van der Waals surface area (Å²) in [6, 6.07) is 14.0. The Balaban J connectivity index is 1.55. The summed E-state index contributed by atoms with van der Waals surface area (Å²) < 4.78 is 0. The first kappa shape index (κ1) is 31.0. The number of urea groups is 1. The maximum Gasteiger partial charge on any atom is 0.321 e. The number of hydrogen-bond donors (Lipinski definition) is 4. The van der Waals surface area contributed by atoms with E-state index in [0.29, 0.717) is 24.7 Å². The minimum atomic E-state index is -1.08. The fourth-order valence-electron chi connectivity index (χ4n) is 7.80. The van der Waals surface area contributed by atoms with Crippen molar-refractivity contribution in [3.8, 4) is 0 Å². The topological polar surface area (TPSA) is 104 Å². The third-order valence-corrected chi connectivity index (χ3v) is 10.3. The number of hydrogen-bond acceptors (Lipinski definition) is 5. The molecule has 230 valence electrons. The van der Waals surface area contributed by atoms with Crippen LogP contribution in [-0.2, 0) is 26.3 Å². The average molecular weight is 579 g/mol. The molecule has 2 aromatic rings. The van der Waals surface area contributed by atoms with E-state index in [1.54, 1.807) is 9.80 Å². The van der Waals surface area contributed by atoms with Gasteiger partial charge >= 0.3 is 6.03 Å². The van der Waals surface area contributed by atoms with Gasteiger partial charge in [0.25, 0.3) is 0 Å². The third kappa shape index (κ3) is 7.19. The summed E-state index contributed by atoms with van der Waals surface area (Å²) in [6.07, 6.45) is 10.5. The number of aliphatic hydroxyl groups excluding tert-OH is 4. The van der Waals surface area contributed by atoms with Crippen LogP contribution in [0.15, 0.2) is 48.5 Å². The minimum absolute atomic E-state index is 0.130. The smallest absolute Gasteiger partial charge is 0.321 e. The molecule has 7 nitrogen and oxygen atoms in total. The molecule has 0 radical (unpaired) electrons. The van der Waals surface area contributed by atoms with Gasteiger partial charge in [-0.25, -0.2) is 4.79 Å². The quantitative estimate of drug-likeness (QED) is 0.298. The van der Waals surface area contributed by atoms with Crippen molar-refractivity contribution in [1.82, 2.24) is 9.80 Å². The molecule has 1 aliphatic heterocycles. The Hall–Kier alpha value is -2.45. The number of carbonyl (C=O) groups excluding carboxylic acids is 1. The van der Waals surface area contributed by atoms with Crippen LogP contribution < -0.4 is 0 Å². The van der Waals surface area contributed by atoms with Gasteiger partial charge in [-0.15, -0.1) is 0 Å². The van der Waals surface area contributed by atoms with E-state index in [1.165, 1.54) is 12.8 Å². The first-order valence-corrected chi connectivity index (χ1v) is 16.3.